The maximum absolute atomic E-state index is 12.8. The number of carbonyl (C=O) groups is 1. The molecule has 1 unspecified atom stereocenters. The normalized spacial score (nSPS) is 12.2. The van der Waals surface area contributed by atoms with Crippen molar-refractivity contribution in [2.75, 3.05) is 6.54 Å². The number of amides is 1. The van der Waals surface area contributed by atoms with E-state index in [0.29, 0.717) is 11.3 Å². The van der Waals surface area contributed by atoms with Gasteiger partial charge in [0, 0.05) is 12.1 Å². The molecule has 2 rings (SSSR count). The van der Waals surface area contributed by atoms with E-state index in [9.17, 15) is 9.18 Å². The molecule has 0 saturated carbocycles. The quantitative estimate of drug-likeness (QED) is 0.888. The van der Waals surface area contributed by atoms with Crippen molar-refractivity contribution in [3.8, 4) is 11.3 Å². The van der Waals surface area contributed by atoms with Crippen LogP contribution in [0.15, 0.2) is 40.8 Å². The summed E-state index contributed by atoms with van der Waals surface area (Å²) < 4.78 is 18.2. The molecule has 4 nitrogen and oxygen atoms in total. The molecule has 19 heavy (non-hydrogen) atoms. The van der Waals surface area contributed by atoms with Gasteiger partial charge in [-0.25, -0.2) is 4.39 Å². The van der Waals surface area contributed by atoms with Gasteiger partial charge in [-0.15, -0.1) is 0 Å². The fraction of sp³-hybridized carbons (Fsp3) is 0.214. The number of aliphatic hydroxyl groups excluding tert-OH is 1. The highest BCUT2D eigenvalue weighted by Crippen LogP contribution is 2.22. The second kappa shape index (κ2) is 5.67. The fourth-order valence-electron chi connectivity index (χ4n) is 1.56. The molecular weight excluding hydrogens is 249 g/mol. The molecule has 1 aromatic heterocycles. The summed E-state index contributed by atoms with van der Waals surface area (Å²) >= 11 is 0. The van der Waals surface area contributed by atoms with Crippen LogP contribution in [0, 0.1) is 5.82 Å². The van der Waals surface area contributed by atoms with Crippen LogP contribution < -0.4 is 5.32 Å². The molecule has 1 heterocycles. The number of rotatable bonds is 4. The zero-order valence-electron chi connectivity index (χ0n) is 10.4. The van der Waals surface area contributed by atoms with Crippen LogP contribution in [0.3, 0.4) is 0 Å². The number of furan rings is 1. The third-order valence-corrected chi connectivity index (χ3v) is 2.52. The molecule has 0 spiro atoms. The van der Waals surface area contributed by atoms with Crippen molar-refractivity contribution in [2.24, 2.45) is 0 Å². The van der Waals surface area contributed by atoms with Gasteiger partial charge in [0.1, 0.15) is 11.6 Å². The number of hydrogen-bond donors (Lipinski definition) is 2. The largest absolute Gasteiger partial charge is 0.451 e. The molecule has 0 bridgehead atoms. The Hall–Kier alpha value is -2.14. The van der Waals surface area contributed by atoms with Crippen LogP contribution in [0.2, 0.25) is 0 Å². The van der Waals surface area contributed by atoms with Gasteiger partial charge in [-0.3, -0.25) is 4.79 Å². The molecular formula is C14H14FNO3. The SMILES string of the molecule is CC(O)CNC(=O)c1ccc(-c2ccc(F)cc2)o1. The molecule has 0 aliphatic rings. The molecule has 100 valence electrons. The van der Waals surface area contributed by atoms with Gasteiger partial charge in [0.2, 0.25) is 0 Å². The Bertz CT molecular complexity index is 560. The monoisotopic (exact) mass is 263 g/mol. The standard InChI is InChI=1S/C14H14FNO3/c1-9(17)8-16-14(18)13-7-6-12(19-13)10-2-4-11(15)5-3-10/h2-7,9,17H,8H2,1H3,(H,16,18). The summed E-state index contributed by atoms with van der Waals surface area (Å²) in [6, 6.07) is 8.98. The minimum atomic E-state index is -0.615. The Morgan fingerprint density at radius 1 is 1.32 bits per heavy atom. The number of carbonyl (C=O) groups excluding carboxylic acids is 1. The maximum atomic E-state index is 12.8. The molecule has 1 aromatic carbocycles. The molecule has 2 N–H and O–H groups in total. The highest BCUT2D eigenvalue weighted by molar-refractivity contribution is 5.92. The van der Waals surface area contributed by atoms with Crippen LogP contribution in [0.4, 0.5) is 4.39 Å². The predicted octanol–water partition coefficient (Wildman–Crippen LogP) is 2.20. The van der Waals surface area contributed by atoms with E-state index in [1.54, 1.807) is 25.1 Å². The molecule has 0 radical (unpaired) electrons. The van der Waals surface area contributed by atoms with Gasteiger partial charge in [-0.2, -0.15) is 0 Å². The van der Waals surface area contributed by atoms with Gasteiger partial charge in [0.05, 0.1) is 6.10 Å². The highest BCUT2D eigenvalue weighted by Gasteiger charge is 2.12. The molecule has 2 aromatic rings. The first-order valence-corrected chi connectivity index (χ1v) is 5.88. The zero-order valence-corrected chi connectivity index (χ0v) is 10.4. The molecule has 5 heteroatoms. The third kappa shape index (κ3) is 3.42. The van der Waals surface area contributed by atoms with E-state index < -0.39 is 12.0 Å². The summed E-state index contributed by atoms with van der Waals surface area (Å²) in [5, 5.41) is 11.6. The Morgan fingerprint density at radius 3 is 2.63 bits per heavy atom. The van der Waals surface area contributed by atoms with Gasteiger partial charge in [0.25, 0.3) is 5.91 Å². The van der Waals surface area contributed by atoms with Crippen molar-refractivity contribution in [1.29, 1.82) is 0 Å². The van der Waals surface area contributed by atoms with Crippen LogP contribution in [0.1, 0.15) is 17.5 Å². The van der Waals surface area contributed by atoms with Crippen molar-refractivity contribution in [3.63, 3.8) is 0 Å². The summed E-state index contributed by atoms with van der Waals surface area (Å²) in [4.78, 5) is 11.7. The van der Waals surface area contributed by atoms with Crippen molar-refractivity contribution in [2.45, 2.75) is 13.0 Å². The number of nitrogens with one attached hydrogen (secondary N) is 1. The summed E-state index contributed by atoms with van der Waals surface area (Å²) in [6.45, 7) is 1.73. The summed E-state index contributed by atoms with van der Waals surface area (Å²) in [5.41, 5.74) is 0.691. The van der Waals surface area contributed by atoms with Gasteiger partial charge < -0.3 is 14.8 Å². The van der Waals surface area contributed by atoms with E-state index in [0.717, 1.165) is 0 Å². The van der Waals surface area contributed by atoms with E-state index in [1.165, 1.54) is 18.2 Å². The van der Waals surface area contributed by atoms with Crippen LogP contribution in [0.5, 0.6) is 0 Å². The smallest absolute Gasteiger partial charge is 0.287 e. The van der Waals surface area contributed by atoms with Crippen LogP contribution in [-0.4, -0.2) is 23.7 Å². The van der Waals surface area contributed by atoms with E-state index in [2.05, 4.69) is 5.32 Å². The van der Waals surface area contributed by atoms with Crippen molar-refractivity contribution >= 4 is 5.91 Å². The Kier molecular flexibility index (Phi) is 3.97. The van der Waals surface area contributed by atoms with E-state index in [4.69, 9.17) is 9.52 Å². The summed E-state index contributed by atoms with van der Waals surface area (Å²) in [7, 11) is 0. The topological polar surface area (TPSA) is 62.5 Å². The highest BCUT2D eigenvalue weighted by atomic mass is 19.1. The first-order valence-electron chi connectivity index (χ1n) is 5.88. The molecule has 0 fully saturated rings. The number of hydrogen-bond acceptors (Lipinski definition) is 3. The Labute approximate surface area is 109 Å². The van der Waals surface area contributed by atoms with Crippen molar-refractivity contribution in [3.05, 3.63) is 48.0 Å². The van der Waals surface area contributed by atoms with Gasteiger partial charge in [0.15, 0.2) is 5.76 Å². The summed E-state index contributed by atoms with van der Waals surface area (Å²) in [5.74, 6) is -0.0818. The zero-order chi connectivity index (χ0) is 13.8. The fourth-order valence-corrected chi connectivity index (χ4v) is 1.56. The number of benzene rings is 1. The van der Waals surface area contributed by atoms with E-state index in [1.807, 2.05) is 0 Å². The van der Waals surface area contributed by atoms with Crippen molar-refractivity contribution in [1.82, 2.24) is 5.32 Å². The lowest BCUT2D eigenvalue weighted by atomic mass is 10.2. The number of aliphatic hydroxyl groups is 1. The Morgan fingerprint density at radius 2 is 2.00 bits per heavy atom. The second-order valence-electron chi connectivity index (χ2n) is 4.23. The lowest BCUT2D eigenvalue weighted by Crippen LogP contribution is -2.30. The first kappa shape index (κ1) is 13.3. The average Bonchev–Trinajstić information content (AvgIpc) is 2.86. The van der Waals surface area contributed by atoms with Gasteiger partial charge in [-0.05, 0) is 43.3 Å². The molecule has 0 aliphatic heterocycles. The molecule has 1 amide bonds. The minimum absolute atomic E-state index is 0.153. The minimum Gasteiger partial charge on any atom is -0.451 e. The maximum Gasteiger partial charge on any atom is 0.287 e. The molecule has 0 aliphatic carbocycles. The third-order valence-electron chi connectivity index (χ3n) is 2.52. The lowest BCUT2D eigenvalue weighted by Gasteiger charge is -2.04. The van der Waals surface area contributed by atoms with Crippen LogP contribution in [0.25, 0.3) is 11.3 Å². The number of halogens is 1. The van der Waals surface area contributed by atoms with E-state index >= 15 is 0 Å². The van der Waals surface area contributed by atoms with E-state index in [-0.39, 0.29) is 18.1 Å². The molecule has 1 atom stereocenters. The second-order valence-corrected chi connectivity index (χ2v) is 4.23. The first-order chi connectivity index (χ1) is 9.06. The summed E-state index contributed by atoms with van der Waals surface area (Å²) in [6.07, 6.45) is -0.615. The lowest BCUT2D eigenvalue weighted by molar-refractivity contribution is 0.0897. The van der Waals surface area contributed by atoms with Gasteiger partial charge in [-0.1, -0.05) is 0 Å². The molecule has 0 saturated heterocycles. The van der Waals surface area contributed by atoms with Crippen LogP contribution >= 0.6 is 0 Å². The average molecular weight is 263 g/mol. The van der Waals surface area contributed by atoms with Crippen molar-refractivity contribution < 1.29 is 18.7 Å². The predicted molar refractivity (Wildman–Crippen MR) is 68.1 cm³/mol. The Balaban J connectivity index is 2.10. The van der Waals surface area contributed by atoms with Crippen LogP contribution in [-0.2, 0) is 0 Å². The van der Waals surface area contributed by atoms with Gasteiger partial charge >= 0.3 is 0 Å².